The number of aryl methyl sites for hydroxylation is 1. The molecule has 1 saturated heterocycles. The first-order valence-electron chi connectivity index (χ1n) is 9.96. The molecule has 0 aliphatic carbocycles. The van der Waals surface area contributed by atoms with Crippen LogP contribution in [0.4, 0.5) is 0 Å². The second-order valence-electron chi connectivity index (χ2n) is 7.40. The van der Waals surface area contributed by atoms with Crippen LogP contribution in [0, 0.1) is 5.92 Å². The van der Waals surface area contributed by atoms with Crippen LogP contribution in [0.3, 0.4) is 0 Å². The van der Waals surface area contributed by atoms with Gasteiger partial charge < -0.3 is 15.0 Å². The fraction of sp³-hybridized carbons (Fsp3) is 0.524. The minimum atomic E-state index is -0.0105. The molecule has 0 saturated carbocycles. The summed E-state index contributed by atoms with van der Waals surface area (Å²) in [4.78, 5) is 7.18. The van der Waals surface area contributed by atoms with Crippen LogP contribution in [0.2, 0.25) is 5.02 Å². The first kappa shape index (κ1) is 23.8. The van der Waals surface area contributed by atoms with Crippen molar-refractivity contribution in [3.05, 3.63) is 47.2 Å². The zero-order chi connectivity index (χ0) is 19.9. The molecule has 29 heavy (non-hydrogen) atoms. The largest absolute Gasteiger partial charge is 0.489 e. The topological polar surface area (TPSA) is 54.7 Å². The zero-order valence-corrected chi connectivity index (χ0v) is 20.4. The van der Waals surface area contributed by atoms with E-state index in [2.05, 4.69) is 28.4 Å². The molecule has 1 aromatic heterocycles. The van der Waals surface area contributed by atoms with Crippen LogP contribution in [0.5, 0.6) is 5.75 Å². The van der Waals surface area contributed by atoms with Gasteiger partial charge in [0, 0.05) is 37.9 Å². The van der Waals surface area contributed by atoms with Crippen molar-refractivity contribution < 1.29 is 4.74 Å². The molecule has 0 radical (unpaired) electrons. The molecule has 8 heteroatoms. The van der Waals surface area contributed by atoms with E-state index in [0.29, 0.717) is 17.5 Å². The number of rotatable bonds is 7. The molecule has 0 bridgehead atoms. The Balaban J connectivity index is 0.00000300. The predicted molar refractivity (Wildman–Crippen MR) is 130 cm³/mol. The molecule has 6 nitrogen and oxygen atoms in total. The van der Waals surface area contributed by atoms with Gasteiger partial charge in [-0.05, 0) is 62.4 Å². The number of nitrogens with zero attached hydrogens (tertiary/aromatic N) is 4. The summed E-state index contributed by atoms with van der Waals surface area (Å²) in [6, 6.07) is 7.45. The van der Waals surface area contributed by atoms with Gasteiger partial charge in [-0.2, -0.15) is 5.10 Å². The lowest BCUT2D eigenvalue weighted by Gasteiger charge is -2.22. The van der Waals surface area contributed by atoms with Gasteiger partial charge in [-0.25, -0.2) is 4.99 Å². The average molecular weight is 532 g/mol. The summed E-state index contributed by atoms with van der Waals surface area (Å²) in [5, 5.41) is 8.41. The summed E-state index contributed by atoms with van der Waals surface area (Å²) in [5.74, 6) is 2.42. The smallest absolute Gasteiger partial charge is 0.194 e. The Labute approximate surface area is 195 Å². The van der Waals surface area contributed by atoms with E-state index in [1.165, 1.54) is 12.0 Å². The molecule has 0 spiro atoms. The lowest BCUT2D eigenvalue weighted by atomic mass is 10.0. The minimum Gasteiger partial charge on any atom is -0.489 e. The molecule has 2 atom stereocenters. The Morgan fingerprint density at radius 1 is 1.38 bits per heavy atom. The van der Waals surface area contributed by atoms with Crippen molar-refractivity contribution in [3.8, 4) is 5.75 Å². The van der Waals surface area contributed by atoms with Crippen LogP contribution in [0.25, 0.3) is 0 Å². The van der Waals surface area contributed by atoms with Gasteiger partial charge in [-0.15, -0.1) is 24.0 Å². The number of ether oxygens (including phenoxy) is 1. The first-order valence-corrected chi connectivity index (χ1v) is 10.3. The van der Waals surface area contributed by atoms with Crippen molar-refractivity contribution >= 4 is 41.5 Å². The SMILES string of the molecule is CCNC(=NCC(C)Oc1ccc(Cl)cc1)N1CCC(Cc2cnn(C)c2)C1.I. The number of benzene rings is 1. The summed E-state index contributed by atoms with van der Waals surface area (Å²) in [5.41, 5.74) is 1.31. The van der Waals surface area contributed by atoms with Gasteiger partial charge in [0.25, 0.3) is 0 Å². The highest BCUT2D eigenvalue weighted by atomic mass is 127. The maximum atomic E-state index is 5.94. The van der Waals surface area contributed by atoms with Crippen LogP contribution in [0.1, 0.15) is 25.8 Å². The minimum absolute atomic E-state index is 0. The molecule has 1 aliphatic heterocycles. The van der Waals surface area contributed by atoms with Crippen LogP contribution in [-0.2, 0) is 13.5 Å². The van der Waals surface area contributed by atoms with Crippen molar-refractivity contribution in [1.29, 1.82) is 0 Å². The molecule has 3 rings (SSSR count). The van der Waals surface area contributed by atoms with Crippen molar-refractivity contribution in [2.75, 3.05) is 26.2 Å². The van der Waals surface area contributed by atoms with E-state index >= 15 is 0 Å². The number of aliphatic imine (C=N–C) groups is 1. The van der Waals surface area contributed by atoms with Gasteiger partial charge in [-0.3, -0.25) is 4.68 Å². The number of aromatic nitrogens is 2. The van der Waals surface area contributed by atoms with E-state index in [1.807, 2.05) is 49.1 Å². The molecule has 160 valence electrons. The third-order valence-corrected chi connectivity index (χ3v) is 5.10. The van der Waals surface area contributed by atoms with Gasteiger partial charge in [0.05, 0.1) is 12.7 Å². The van der Waals surface area contributed by atoms with Crippen molar-refractivity contribution in [1.82, 2.24) is 20.0 Å². The van der Waals surface area contributed by atoms with E-state index in [4.69, 9.17) is 21.3 Å². The molecule has 2 aromatic rings. The summed E-state index contributed by atoms with van der Waals surface area (Å²) in [6.07, 6.45) is 6.31. The number of halogens is 2. The van der Waals surface area contributed by atoms with Crippen LogP contribution in [-0.4, -0.2) is 52.9 Å². The number of hydrogen-bond donors (Lipinski definition) is 1. The maximum Gasteiger partial charge on any atom is 0.194 e. The molecule has 1 fully saturated rings. The number of likely N-dealkylation sites (tertiary alicyclic amines) is 1. The monoisotopic (exact) mass is 531 g/mol. The van der Waals surface area contributed by atoms with Crippen LogP contribution in [0.15, 0.2) is 41.7 Å². The second-order valence-corrected chi connectivity index (χ2v) is 7.84. The van der Waals surface area contributed by atoms with Crippen molar-refractivity contribution in [2.24, 2.45) is 18.0 Å². The lowest BCUT2D eigenvalue weighted by Crippen LogP contribution is -2.40. The number of hydrogen-bond acceptors (Lipinski definition) is 3. The molecular weight excluding hydrogens is 501 g/mol. The average Bonchev–Trinajstić information content (AvgIpc) is 3.30. The highest BCUT2D eigenvalue weighted by Gasteiger charge is 2.25. The first-order chi connectivity index (χ1) is 13.5. The Hall–Kier alpha value is -1.48. The van der Waals surface area contributed by atoms with E-state index in [0.717, 1.165) is 37.8 Å². The van der Waals surface area contributed by atoms with Gasteiger partial charge in [-0.1, -0.05) is 11.6 Å². The third kappa shape index (κ3) is 7.37. The fourth-order valence-electron chi connectivity index (χ4n) is 3.53. The highest BCUT2D eigenvalue weighted by molar-refractivity contribution is 14.0. The lowest BCUT2D eigenvalue weighted by molar-refractivity contribution is 0.229. The Morgan fingerprint density at radius 3 is 2.79 bits per heavy atom. The summed E-state index contributed by atoms with van der Waals surface area (Å²) in [6.45, 7) is 7.66. The van der Waals surface area contributed by atoms with Crippen LogP contribution < -0.4 is 10.1 Å². The number of guanidine groups is 1. The molecular formula is C21H31ClIN5O. The molecule has 0 amide bonds. The van der Waals surface area contributed by atoms with Gasteiger partial charge in [0.15, 0.2) is 5.96 Å². The highest BCUT2D eigenvalue weighted by Crippen LogP contribution is 2.21. The maximum absolute atomic E-state index is 5.94. The van der Waals surface area contributed by atoms with Gasteiger partial charge >= 0.3 is 0 Å². The van der Waals surface area contributed by atoms with E-state index in [1.54, 1.807) is 0 Å². The van der Waals surface area contributed by atoms with E-state index in [-0.39, 0.29) is 30.1 Å². The second kappa shape index (κ2) is 11.6. The summed E-state index contributed by atoms with van der Waals surface area (Å²) in [7, 11) is 1.97. The molecule has 2 heterocycles. The standard InChI is InChI=1S/C21H30ClN5O.HI/c1-4-23-21(24-12-16(2)28-20-7-5-19(22)6-8-20)27-10-9-17(15-27)11-18-13-25-26(3)14-18;/h5-8,13-14,16-17H,4,9-12,15H2,1-3H3,(H,23,24);1H. The molecule has 1 aliphatic rings. The molecule has 1 N–H and O–H groups in total. The van der Waals surface area contributed by atoms with Gasteiger partial charge in [0.1, 0.15) is 11.9 Å². The molecule has 1 aromatic carbocycles. The third-order valence-electron chi connectivity index (χ3n) is 4.85. The predicted octanol–water partition coefficient (Wildman–Crippen LogP) is 3.99. The summed E-state index contributed by atoms with van der Waals surface area (Å²) < 4.78 is 7.81. The Kier molecular flexibility index (Phi) is 9.55. The summed E-state index contributed by atoms with van der Waals surface area (Å²) >= 11 is 5.93. The van der Waals surface area contributed by atoms with Gasteiger partial charge in [0.2, 0.25) is 0 Å². The van der Waals surface area contributed by atoms with Crippen LogP contribution >= 0.6 is 35.6 Å². The normalized spacial score (nSPS) is 17.7. The van der Waals surface area contributed by atoms with Crippen molar-refractivity contribution in [2.45, 2.75) is 32.8 Å². The van der Waals surface area contributed by atoms with Crippen molar-refractivity contribution in [3.63, 3.8) is 0 Å². The van der Waals surface area contributed by atoms with E-state index in [9.17, 15) is 0 Å². The Bertz CT molecular complexity index is 780. The quantitative estimate of drug-likeness (QED) is 0.334. The fourth-order valence-corrected chi connectivity index (χ4v) is 3.65. The number of nitrogens with one attached hydrogen (secondary N) is 1. The van der Waals surface area contributed by atoms with E-state index < -0.39 is 0 Å². The zero-order valence-electron chi connectivity index (χ0n) is 17.3. The Morgan fingerprint density at radius 2 is 2.14 bits per heavy atom. The molecule has 2 unspecified atom stereocenters.